The normalized spacial score (nSPS) is 11.1. The Bertz CT molecular complexity index is 551. The number of nitrogens with zero attached hydrogens (tertiary/aromatic N) is 2. The molecule has 0 amide bonds. The summed E-state index contributed by atoms with van der Waals surface area (Å²) < 4.78 is 5.47. The van der Waals surface area contributed by atoms with Crippen LogP contribution < -0.4 is 10.6 Å². The second kappa shape index (κ2) is 6.92. The SMILES string of the molecule is CC(C)CNCc1nnc(Nc2c(Cl)cccc2Cl)o1. The molecule has 2 N–H and O–H groups in total. The highest BCUT2D eigenvalue weighted by molar-refractivity contribution is 6.39. The second-order valence-corrected chi connectivity index (χ2v) is 5.56. The number of para-hydroxylation sites is 1. The Labute approximate surface area is 127 Å². The maximum atomic E-state index is 6.06. The van der Waals surface area contributed by atoms with Crippen LogP contribution in [-0.4, -0.2) is 16.7 Å². The van der Waals surface area contributed by atoms with Crippen molar-refractivity contribution in [1.82, 2.24) is 15.5 Å². The molecule has 2 aromatic rings. The van der Waals surface area contributed by atoms with Gasteiger partial charge in [0, 0.05) is 0 Å². The molecule has 0 saturated heterocycles. The van der Waals surface area contributed by atoms with Gasteiger partial charge in [0.05, 0.1) is 22.3 Å². The number of anilines is 2. The van der Waals surface area contributed by atoms with Crippen molar-refractivity contribution in [2.24, 2.45) is 5.92 Å². The molecule has 7 heteroatoms. The molecule has 20 heavy (non-hydrogen) atoms. The first-order valence-electron chi connectivity index (χ1n) is 6.30. The number of hydrogen-bond acceptors (Lipinski definition) is 5. The van der Waals surface area contributed by atoms with Crippen LogP contribution in [0.15, 0.2) is 22.6 Å². The van der Waals surface area contributed by atoms with Crippen molar-refractivity contribution in [2.75, 3.05) is 11.9 Å². The zero-order chi connectivity index (χ0) is 14.5. The van der Waals surface area contributed by atoms with Gasteiger partial charge in [0.1, 0.15) is 0 Å². The molecule has 1 aromatic carbocycles. The predicted octanol–water partition coefficient (Wildman–Crippen LogP) is 3.87. The maximum Gasteiger partial charge on any atom is 0.320 e. The van der Waals surface area contributed by atoms with Gasteiger partial charge >= 0.3 is 6.01 Å². The van der Waals surface area contributed by atoms with Gasteiger partial charge in [0.15, 0.2) is 0 Å². The Kier molecular flexibility index (Phi) is 5.23. The summed E-state index contributed by atoms with van der Waals surface area (Å²) in [7, 11) is 0. The monoisotopic (exact) mass is 314 g/mol. The Hall–Kier alpha value is -1.30. The lowest BCUT2D eigenvalue weighted by atomic mass is 10.2. The number of hydrogen-bond donors (Lipinski definition) is 2. The molecule has 2 rings (SSSR count). The molecule has 0 aliphatic carbocycles. The van der Waals surface area contributed by atoms with Crippen molar-refractivity contribution >= 4 is 34.9 Å². The maximum absolute atomic E-state index is 6.06. The van der Waals surface area contributed by atoms with E-state index in [0.717, 1.165) is 6.54 Å². The van der Waals surface area contributed by atoms with Crippen LogP contribution in [-0.2, 0) is 6.54 Å². The zero-order valence-corrected chi connectivity index (χ0v) is 12.8. The van der Waals surface area contributed by atoms with Crippen LogP contribution in [0.2, 0.25) is 10.0 Å². The Morgan fingerprint density at radius 3 is 2.55 bits per heavy atom. The lowest BCUT2D eigenvalue weighted by Crippen LogP contribution is -2.19. The van der Waals surface area contributed by atoms with Crippen LogP contribution in [0, 0.1) is 5.92 Å². The summed E-state index contributed by atoms with van der Waals surface area (Å²) in [6.07, 6.45) is 0. The van der Waals surface area contributed by atoms with Crippen LogP contribution in [0.1, 0.15) is 19.7 Å². The van der Waals surface area contributed by atoms with Crippen molar-refractivity contribution in [2.45, 2.75) is 20.4 Å². The number of nitrogens with one attached hydrogen (secondary N) is 2. The van der Waals surface area contributed by atoms with E-state index in [1.807, 2.05) is 0 Å². The summed E-state index contributed by atoms with van der Waals surface area (Å²) in [6.45, 7) is 5.69. The minimum absolute atomic E-state index is 0.265. The second-order valence-electron chi connectivity index (χ2n) is 4.75. The van der Waals surface area contributed by atoms with Gasteiger partial charge in [-0.25, -0.2) is 0 Å². The average molecular weight is 315 g/mol. The third kappa shape index (κ3) is 4.10. The fraction of sp³-hybridized carbons (Fsp3) is 0.385. The van der Waals surface area contributed by atoms with E-state index in [-0.39, 0.29) is 6.01 Å². The van der Waals surface area contributed by atoms with Crippen LogP contribution in [0.5, 0.6) is 0 Å². The number of benzene rings is 1. The summed E-state index contributed by atoms with van der Waals surface area (Å²) in [5.41, 5.74) is 0.557. The zero-order valence-electron chi connectivity index (χ0n) is 11.3. The molecule has 0 bridgehead atoms. The molecule has 1 heterocycles. The van der Waals surface area contributed by atoms with Gasteiger partial charge in [-0.1, -0.05) is 48.2 Å². The first-order valence-corrected chi connectivity index (χ1v) is 7.06. The predicted molar refractivity (Wildman–Crippen MR) is 80.6 cm³/mol. The van der Waals surface area contributed by atoms with E-state index in [0.29, 0.717) is 34.1 Å². The van der Waals surface area contributed by atoms with Gasteiger partial charge in [0.25, 0.3) is 0 Å². The van der Waals surface area contributed by atoms with Gasteiger partial charge in [-0.05, 0) is 24.6 Å². The molecule has 0 spiro atoms. The molecule has 0 radical (unpaired) electrons. The van der Waals surface area contributed by atoms with E-state index in [1.54, 1.807) is 18.2 Å². The van der Waals surface area contributed by atoms with Crippen LogP contribution in [0.4, 0.5) is 11.7 Å². The smallest absolute Gasteiger partial charge is 0.320 e. The summed E-state index contributed by atoms with van der Waals surface area (Å²) in [6, 6.07) is 5.50. The minimum Gasteiger partial charge on any atom is -0.406 e. The lowest BCUT2D eigenvalue weighted by molar-refractivity contribution is 0.460. The van der Waals surface area contributed by atoms with Crippen LogP contribution >= 0.6 is 23.2 Å². The van der Waals surface area contributed by atoms with E-state index in [4.69, 9.17) is 27.6 Å². The molecule has 0 aliphatic rings. The fourth-order valence-corrected chi connectivity index (χ4v) is 2.06. The van der Waals surface area contributed by atoms with Crippen molar-refractivity contribution in [1.29, 1.82) is 0 Å². The van der Waals surface area contributed by atoms with Crippen LogP contribution in [0.3, 0.4) is 0 Å². The third-order valence-electron chi connectivity index (χ3n) is 2.49. The van der Waals surface area contributed by atoms with Crippen molar-refractivity contribution in [3.05, 3.63) is 34.1 Å². The summed E-state index contributed by atoms with van der Waals surface area (Å²) in [5.74, 6) is 1.08. The van der Waals surface area contributed by atoms with E-state index in [2.05, 4.69) is 34.7 Å². The van der Waals surface area contributed by atoms with Gasteiger partial charge in [0.2, 0.25) is 5.89 Å². The summed E-state index contributed by atoms with van der Waals surface area (Å²) >= 11 is 12.1. The van der Waals surface area contributed by atoms with Gasteiger partial charge in [-0.3, -0.25) is 0 Å². The highest BCUT2D eigenvalue weighted by atomic mass is 35.5. The molecular weight excluding hydrogens is 299 g/mol. The standard InChI is InChI=1S/C13H16Cl2N4O/c1-8(2)6-16-7-11-18-19-13(20-11)17-12-9(14)4-3-5-10(12)15/h3-5,8,16H,6-7H2,1-2H3,(H,17,19). The minimum atomic E-state index is 0.265. The van der Waals surface area contributed by atoms with E-state index in [1.165, 1.54) is 0 Å². The molecule has 0 aliphatic heterocycles. The van der Waals surface area contributed by atoms with E-state index < -0.39 is 0 Å². The van der Waals surface area contributed by atoms with Crippen molar-refractivity contribution in [3.63, 3.8) is 0 Å². The van der Waals surface area contributed by atoms with Gasteiger partial charge in [-0.15, -0.1) is 5.10 Å². The quantitative estimate of drug-likeness (QED) is 0.847. The highest BCUT2D eigenvalue weighted by Gasteiger charge is 2.10. The van der Waals surface area contributed by atoms with Crippen molar-refractivity contribution < 1.29 is 4.42 Å². The lowest BCUT2D eigenvalue weighted by Gasteiger charge is -2.06. The third-order valence-corrected chi connectivity index (χ3v) is 3.12. The highest BCUT2D eigenvalue weighted by Crippen LogP contribution is 2.31. The average Bonchev–Trinajstić information content (AvgIpc) is 2.81. The molecule has 1 aromatic heterocycles. The Morgan fingerprint density at radius 2 is 1.90 bits per heavy atom. The number of aromatic nitrogens is 2. The summed E-state index contributed by atoms with van der Waals surface area (Å²) in [5, 5.41) is 15.0. The number of rotatable bonds is 6. The summed E-state index contributed by atoms with van der Waals surface area (Å²) in [4.78, 5) is 0. The molecule has 0 unspecified atom stereocenters. The van der Waals surface area contributed by atoms with Crippen LogP contribution in [0.25, 0.3) is 0 Å². The first-order chi connectivity index (χ1) is 9.56. The largest absolute Gasteiger partial charge is 0.406 e. The molecular formula is C13H16Cl2N4O. The molecule has 0 saturated carbocycles. The van der Waals surface area contributed by atoms with E-state index in [9.17, 15) is 0 Å². The molecule has 108 valence electrons. The van der Waals surface area contributed by atoms with Gasteiger partial charge < -0.3 is 15.1 Å². The fourth-order valence-electron chi connectivity index (χ4n) is 1.57. The Balaban J connectivity index is 1.99. The number of halogens is 2. The molecule has 0 fully saturated rings. The van der Waals surface area contributed by atoms with Gasteiger partial charge in [-0.2, -0.15) is 0 Å². The molecule has 5 nitrogen and oxygen atoms in total. The Morgan fingerprint density at radius 1 is 1.20 bits per heavy atom. The molecule has 0 atom stereocenters. The topological polar surface area (TPSA) is 63.0 Å². The van der Waals surface area contributed by atoms with Crippen molar-refractivity contribution in [3.8, 4) is 0 Å². The first kappa shape index (κ1) is 15.1. The van der Waals surface area contributed by atoms with E-state index >= 15 is 0 Å².